The summed E-state index contributed by atoms with van der Waals surface area (Å²) in [7, 11) is 1.44. The molecule has 1 heterocycles. The van der Waals surface area contributed by atoms with Gasteiger partial charge >= 0.3 is 6.03 Å². The second-order valence-electron chi connectivity index (χ2n) is 7.31. The van der Waals surface area contributed by atoms with E-state index in [2.05, 4.69) is 28.4 Å². The van der Waals surface area contributed by atoms with Crippen molar-refractivity contribution in [3.63, 3.8) is 0 Å². The zero-order valence-electron chi connectivity index (χ0n) is 18.7. The quantitative estimate of drug-likeness (QED) is 0.188. The van der Waals surface area contributed by atoms with Gasteiger partial charge in [-0.2, -0.15) is 5.10 Å². The summed E-state index contributed by atoms with van der Waals surface area (Å²) < 4.78 is 7.15. The molecule has 0 aliphatic heterocycles. The van der Waals surface area contributed by atoms with Crippen LogP contribution in [-0.2, 0) is 11.3 Å². The zero-order chi connectivity index (χ0) is 23.3. The number of fused-ring (bicyclic) bond motifs is 1. The van der Waals surface area contributed by atoms with Crippen LogP contribution in [0.15, 0.2) is 58.7 Å². The van der Waals surface area contributed by atoms with E-state index in [0.717, 1.165) is 31.7 Å². The van der Waals surface area contributed by atoms with Crippen molar-refractivity contribution in [3.05, 3.63) is 64.5 Å². The Kier molecular flexibility index (Phi) is 7.57. The lowest BCUT2D eigenvalue weighted by Crippen LogP contribution is -2.49. The van der Waals surface area contributed by atoms with E-state index in [1.165, 1.54) is 17.1 Å². The Labute approximate surface area is 191 Å². The van der Waals surface area contributed by atoms with Gasteiger partial charge < -0.3 is 4.74 Å². The molecule has 168 valence electrons. The summed E-state index contributed by atoms with van der Waals surface area (Å²) in [5.74, 6) is 12.0. The molecular formula is C23H28N6O2S. The van der Waals surface area contributed by atoms with Crippen LogP contribution in [0, 0.1) is 6.92 Å². The molecule has 0 spiro atoms. The normalized spacial score (nSPS) is 12.2. The second-order valence-corrected chi connectivity index (χ2v) is 8.39. The first kappa shape index (κ1) is 23.4. The average molecular weight is 453 g/mol. The van der Waals surface area contributed by atoms with E-state index in [-0.39, 0.29) is 6.61 Å². The number of nitrogens with zero attached hydrogens (tertiary/aromatic N) is 4. The monoisotopic (exact) mass is 452 g/mol. The summed E-state index contributed by atoms with van der Waals surface area (Å²) in [5, 5.41) is 11.8. The van der Waals surface area contributed by atoms with Crippen molar-refractivity contribution in [2.75, 3.05) is 12.1 Å². The molecule has 2 amide bonds. The lowest BCUT2D eigenvalue weighted by atomic mass is 10.1. The predicted octanol–water partition coefficient (Wildman–Crippen LogP) is 4.56. The first-order valence-corrected chi connectivity index (χ1v) is 11.0. The molecule has 4 N–H and O–H groups in total. The highest BCUT2D eigenvalue weighted by Gasteiger charge is 2.19. The Morgan fingerprint density at radius 1 is 1.12 bits per heavy atom. The van der Waals surface area contributed by atoms with E-state index in [1.54, 1.807) is 17.4 Å². The molecule has 0 aliphatic rings. The van der Waals surface area contributed by atoms with E-state index in [1.807, 2.05) is 45.0 Å². The Hall–Kier alpha value is -3.27. The number of ether oxygens (including phenoxy) is 1. The largest absolute Gasteiger partial charge is 0.475 e. The van der Waals surface area contributed by atoms with E-state index < -0.39 is 6.03 Å². The number of carbonyl (C=O) groups is 1. The molecule has 0 unspecified atom stereocenters. The SMILES string of the molecule is CCC(=NN=C(C)c1cc2ccccc2s1)OCc1c(C)cccc1N(N)C(=O)N(C)N. The highest BCUT2D eigenvalue weighted by molar-refractivity contribution is 7.20. The third kappa shape index (κ3) is 5.31. The Balaban J connectivity index is 1.78. The van der Waals surface area contributed by atoms with E-state index in [9.17, 15) is 4.79 Å². The lowest BCUT2D eigenvalue weighted by molar-refractivity contribution is 0.216. The standard InChI is InChI=1S/C23H28N6O2S/c1-5-22(27-26-16(3)21-13-17-10-6-7-12-20(17)32-21)31-14-18-15(2)9-8-11-19(18)29(25)23(30)28(4)24/h6-13H,5,14,24-25H2,1-4H3. The summed E-state index contributed by atoms with van der Waals surface area (Å²) in [4.78, 5) is 13.3. The van der Waals surface area contributed by atoms with Crippen molar-refractivity contribution < 1.29 is 9.53 Å². The number of thiophene rings is 1. The Morgan fingerprint density at radius 2 is 1.88 bits per heavy atom. The minimum atomic E-state index is -0.537. The summed E-state index contributed by atoms with van der Waals surface area (Å²) in [5.41, 5.74) is 3.05. The van der Waals surface area contributed by atoms with Crippen molar-refractivity contribution in [3.8, 4) is 0 Å². The molecule has 2 aromatic carbocycles. The third-order valence-electron chi connectivity index (χ3n) is 4.93. The van der Waals surface area contributed by atoms with Crippen molar-refractivity contribution in [1.82, 2.24) is 5.01 Å². The molecule has 32 heavy (non-hydrogen) atoms. The Morgan fingerprint density at radius 3 is 2.56 bits per heavy atom. The molecule has 0 aliphatic carbocycles. The number of carbonyl (C=O) groups excluding carboxylic acids is 1. The second kappa shape index (κ2) is 10.4. The molecule has 1 aromatic heterocycles. The van der Waals surface area contributed by atoms with Gasteiger partial charge in [0.25, 0.3) is 0 Å². The molecular weight excluding hydrogens is 424 g/mol. The van der Waals surface area contributed by atoms with Gasteiger partial charge in [-0.25, -0.2) is 21.5 Å². The van der Waals surface area contributed by atoms with Gasteiger partial charge in [-0.15, -0.1) is 16.4 Å². The number of nitrogens with two attached hydrogens (primary N) is 2. The van der Waals surface area contributed by atoms with Gasteiger partial charge in [0.15, 0.2) is 0 Å². The van der Waals surface area contributed by atoms with Crippen LogP contribution in [0.2, 0.25) is 0 Å². The number of urea groups is 1. The zero-order valence-corrected chi connectivity index (χ0v) is 19.5. The van der Waals surface area contributed by atoms with Crippen LogP contribution in [-0.4, -0.2) is 29.7 Å². The van der Waals surface area contributed by atoms with Gasteiger partial charge in [-0.1, -0.05) is 37.3 Å². The number of rotatable bonds is 6. The van der Waals surface area contributed by atoms with Crippen molar-refractivity contribution in [1.29, 1.82) is 0 Å². The van der Waals surface area contributed by atoms with Crippen LogP contribution in [0.3, 0.4) is 0 Å². The molecule has 8 nitrogen and oxygen atoms in total. The average Bonchev–Trinajstić information content (AvgIpc) is 3.23. The number of hydrogen-bond donors (Lipinski definition) is 2. The molecule has 3 aromatic rings. The molecule has 0 saturated heterocycles. The summed E-state index contributed by atoms with van der Waals surface area (Å²) in [6.45, 7) is 6.01. The highest BCUT2D eigenvalue weighted by atomic mass is 32.1. The van der Waals surface area contributed by atoms with Gasteiger partial charge in [-0.3, -0.25) is 5.01 Å². The number of anilines is 1. The van der Waals surface area contributed by atoms with E-state index in [4.69, 9.17) is 16.4 Å². The van der Waals surface area contributed by atoms with Crippen LogP contribution < -0.4 is 16.7 Å². The molecule has 9 heteroatoms. The topological polar surface area (TPSA) is 110 Å². The third-order valence-corrected chi connectivity index (χ3v) is 6.16. The fraction of sp³-hybridized carbons (Fsp3) is 0.261. The van der Waals surface area contributed by atoms with Crippen molar-refractivity contribution in [2.45, 2.75) is 33.8 Å². The van der Waals surface area contributed by atoms with E-state index >= 15 is 0 Å². The molecule has 0 bridgehead atoms. The van der Waals surface area contributed by atoms with Crippen molar-refractivity contribution in [2.24, 2.45) is 21.9 Å². The first-order valence-electron chi connectivity index (χ1n) is 10.2. The summed E-state index contributed by atoms with van der Waals surface area (Å²) in [6, 6.07) is 15.3. The Bertz CT molecular complexity index is 1140. The van der Waals surface area contributed by atoms with Crippen LogP contribution in [0.25, 0.3) is 10.1 Å². The van der Waals surface area contributed by atoms with Gasteiger partial charge in [0, 0.05) is 23.7 Å². The summed E-state index contributed by atoms with van der Waals surface area (Å²) >= 11 is 1.68. The van der Waals surface area contributed by atoms with Crippen LogP contribution in [0.1, 0.15) is 36.3 Å². The predicted molar refractivity (Wildman–Crippen MR) is 132 cm³/mol. The molecule has 0 radical (unpaired) electrons. The van der Waals surface area contributed by atoms with Crippen LogP contribution in [0.4, 0.5) is 10.5 Å². The number of hydrogen-bond acceptors (Lipinski definition) is 7. The smallest absolute Gasteiger partial charge is 0.352 e. The van der Waals surface area contributed by atoms with Crippen LogP contribution >= 0.6 is 11.3 Å². The molecule has 0 saturated carbocycles. The summed E-state index contributed by atoms with van der Waals surface area (Å²) in [6.07, 6.45) is 0.571. The molecule has 0 fully saturated rings. The maximum absolute atomic E-state index is 12.2. The lowest BCUT2D eigenvalue weighted by Gasteiger charge is -2.24. The maximum atomic E-state index is 12.2. The van der Waals surface area contributed by atoms with Gasteiger partial charge in [0.2, 0.25) is 5.90 Å². The number of amides is 2. The number of hydrazine groups is 2. The minimum absolute atomic E-state index is 0.196. The number of benzene rings is 2. The number of aryl methyl sites for hydroxylation is 1. The molecule has 3 rings (SSSR count). The maximum Gasteiger partial charge on any atom is 0.352 e. The minimum Gasteiger partial charge on any atom is -0.475 e. The van der Waals surface area contributed by atoms with Crippen molar-refractivity contribution >= 4 is 44.8 Å². The fourth-order valence-electron chi connectivity index (χ4n) is 3.07. The van der Waals surface area contributed by atoms with Gasteiger partial charge in [0.05, 0.1) is 16.3 Å². The first-order chi connectivity index (χ1) is 15.3. The van der Waals surface area contributed by atoms with E-state index in [0.29, 0.717) is 18.0 Å². The van der Waals surface area contributed by atoms with Gasteiger partial charge in [-0.05, 0) is 43.0 Å². The highest BCUT2D eigenvalue weighted by Crippen LogP contribution is 2.26. The fourth-order valence-corrected chi connectivity index (χ4v) is 4.07. The van der Waals surface area contributed by atoms with Crippen LogP contribution in [0.5, 0.6) is 0 Å². The molecule has 0 atom stereocenters. The van der Waals surface area contributed by atoms with Gasteiger partial charge in [0.1, 0.15) is 6.61 Å².